The van der Waals surface area contributed by atoms with Crippen molar-refractivity contribution in [2.24, 2.45) is 0 Å². The minimum absolute atomic E-state index is 0.455. The molecule has 1 aromatic heterocycles. The van der Waals surface area contributed by atoms with Crippen LogP contribution in [-0.4, -0.2) is 11.5 Å². The number of anilines is 1. The van der Waals surface area contributed by atoms with Crippen LogP contribution in [0.5, 0.6) is 5.75 Å². The van der Waals surface area contributed by atoms with E-state index in [4.69, 9.17) is 16.3 Å². The van der Waals surface area contributed by atoms with Gasteiger partial charge < -0.3 is 10.1 Å². The highest BCUT2D eigenvalue weighted by Crippen LogP contribution is 2.29. The molecule has 0 aliphatic heterocycles. The van der Waals surface area contributed by atoms with Gasteiger partial charge in [-0.15, -0.1) is 0 Å². The molecule has 3 nitrogen and oxygen atoms in total. The second-order valence-electron chi connectivity index (χ2n) is 3.90. The lowest BCUT2D eigenvalue weighted by Gasteiger charge is -2.12. The van der Waals surface area contributed by atoms with Crippen molar-refractivity contribution in [1.82, 2.24) is 4.98 Å². The van der Waals surface area contributed by atoms with E-state index in [2.05, 4.69) is 26.2 Å². The van der Waals surface area contributed by atoms with E-state index in [1.165, 1.54) is 0 Å². The maximum Gasteiger partial charge on any atom is 0.134 e. The number of hydrogen-bond donors (Lipinski definition) is 1. The molecule has 100 valence electrons. The minimum Gasteiger partial charge on any atom is -0.488 e. The van der Waals surface area contributed by atoms with Gasteiger partial charge in [-0.05, 0) is 47.1 Å². The van der Waals surface area contributed by atoms with Gasteiger partial charge in [-0.1, -0.05) is 17.7 Å². The molecule has 0 radical (unpaired) electrons. The third-order valence-electron chi connectivity index (χ3n) is 2.51. The predicted octanol–water partition coefficient (Wildman–Crippen LogP) is 4.51. The monoisotopic (exact) mass is 340 g/mol. The first-order chi connectivity index (χ1) is 9.20. The average Bonchev–Trinajstić information content (AvgIpc) is 2.40. The van der Waals surface area contributed by atoms with Crippen molar-refractivity contribution in [3.8, 4) is 5.75 Å². The van der Waals surface area contributed by atoms with Crippen LogP contribution in [0.4, 0.5) is 5.82 Å². The van der Waals surface area contributed by atoms with Crippen molar-refractivity contribution in [3.63, 3.8) is 0 Å². The maximum atomic E-state index is 5.90. The molecule has 0 amide bonds. The van der Waals surface area contributed by atoms with Crippen LogP contribution in [0.1, 0.15) is 12.5 Å². The largest absolute Gasteiger partial charge is 0.488 e. The molecule has 0 aliphatic rings. The average molecular weight is 342 g/mol. The number of ether oxygens (including phenoxy) is 1. The molecule has 0 saturated heterocycles. The number of halogens is 2. The summed E-state index contributed by atoms with van der Waals surface area (Å²) in [5.74, 6) is 1.62. The molecule has 2 rings (SSSR count). The predicted molar refractivity (Wildman–Crippen MR) is 81.9 cm³/mol. The van der Waals surface area contributed by atoms with Crippen molar-refractivity contribution in [1.29, 1.82) is 0 Å². The van der Waals surface area contributed by atoms with E-state index in [1.807, 2.05) is 31.2 Å². The number of nitrogens with one attached hydrogen (secondary N) is 1. The molecule has 1 aromatic carbocycles. The van der Waals surface area contributed by atoms with Gasteiger partial charge in [0.25, 0.3) is 0 Å². The van der Waals surface area contributed by atoms with Crippen molar-refractivity contribution < 1.29 is 4.74 Å². The summed E-state index contributed by atoms with van der Waals surface area (Å²) >= 11 is 9.32. The van der Waals surface area contributed by atoms with Crippen LogP contribution >= 0.6 is 27.5 Å². The zero-order chi connectivity index (χ0) is 13.7. The normalized spacial score (nSPS) is 10.3. The zero-order valence-electron chi connectivity index (χ0n) is 10.5. The summed E-state index contributed by atoms with van der Waals surface area (Å²) < 4.78 is 6.62. The van der Waals surface area contributed by atoms with Crippen molar-refractivity contribution in [2.45, 2.75) is 13.5 Å². The van der Waals surface area contributed by atoms with Gasteiger partial charge in [0.05, 0.1) is 4.47 Å². The van der Waals surface area contributed by atoms with Gasteiger partial charge in [-0.2, -0.15) is 0 Å². The minimum atomic E-state index is 0.455. The molecule has 1 heterocycles. The Morgan fingerprint density at radius 1 is 1.37 bits per heavy atom. The summed E-state index contributed by atoms with van der Waals surface area (Å²) in [5, 5.41) is 3.89. The van der Waals surface area contributed by atoms with E-state index >= 15 is 0 Å². The van der Waals surface area contributed by atoms with Crippen LogP contribution in [0.25, 0.3) is 0 Å². The van der Waals surface area contributed by atoms with Gasteiger partial charge >= 0.3 is 0 Å². The molecule has 5 heteroatoms. The second kappa shape index (κ2) is 6.78. The first kappa shape index (κ1) is 14.2. The summed E-state index contributed by atoms with van der Waals surface area (Å²) in [5.41, 5.74) is 1.02. The van der Waals surface area contributed by atoms with Gasteiger partial charge in [0.2, 0.25) is 0 Å². The molecule has 0 aliphatic carbocycles. The first-order valence-corrected chi connectivity index (χ1v) is 7.13. The Hall–Kier alpha value is -1.26. The van der Waals surface area contributed by atoms with Crippen molar-refractivity contribution in [2.75, 3.05) is 11.9 Å². The van der Waals surface area contributed by atoms with Crippen LogP contribution in [0, 0.1) is 0 Å². The Morgan fingerprint density at radius 2 is 2.21 bits per heavy atom. The number of pyridine rings is 1. The number of aromatic nitrogens is 1. The molecule has 0 atom stereocenters. The van der Waals surface area contributed by atoms with Crippen LogP contribution in [0.15, 0.2) is 41.0 Å². The van der Waals surface area contributed by atoms with Gasteiger partial charge in [0, 0.05) is 23.3 Å². The first-order valence-electron chi connectivity index (χ1n) is 5.96. The lowest BCUT2D eigenvalue weighted by Crippen LogP contribution is -2.05. The summed E-state index contributed by atoms with van der Waals surface area (Å²) in [4.78, 5) is 4.29. The summed E-state index contributed by atoms with van der Waals surface area (Å²) in [6.07, 6.45) is 1.76. The molecule has 0 bridgehead atoms. The van der Waals surface area contributed by atoms with E-state index in [1.54, 1.807) is 12.3 Å². The zero-order valence-corrected chi connectivity index (χ0v) is 12.8. The standard InChI is InChI=1S/C14H14BrClN2O/c1-2-17-14-10(4-3-7-18-14)9-19-13-6-5-11(16)8-12(13)15/h3-8H,2,9H2,1H3,(H,17,18). The summed E-state index contributed by atoms with van der Waals surface area (Å²) in [6.45, 7) is 3.32. The summed E-state index contributed by atoms with van der Waals surface area (Å²) in [6, 6.07) is 9.35. The quantitative estimate of drug-likeness (QED) is 0.869. The van der Waals surface area contributed by atoms with E-state index < -0.39 is 0 Å². The Balaban J connectivity index is 2.10. The molecule has 0 fully saturated rings. The highest BCUT2D eigenvalue weighted by molar-refractivity contribution is 9.10. The smallest absolute Gasteiger partial charge is 0.134 e. The molecule has 19 heavy (non-hydrogen) atoms. The van der Waals surface area contributed by atoms with Gasteiger partial charge in [0.15, 0.2) is 0 Å². The van der Waals surface area contributed by atoms with Crippen LogP contribution < -0.4 is 10.1 Å². The van der Waals surface area contributed by atoms with Gasteiger partial charge in [-0.3, -0.25) is 0 Å². The van der Waals surface area contributed by atoms with E-state index in [0.717, 1.165) is 28.1 Å². The highest BCUT2D eigenvalue weighted by atomic mass is 79.9. The summed E-state index contributed by atoms with van der Waals surface area (Å²) in [7, 11) is 0. The van der Waals surface area contributed by atoms with E-state index in [-0.39, 0.29) is 0 Å². The number of nitrogens with zero attached hydrogens (tertiary/aromatic N) is 1. The fourth-order valence-electron chi connectivity index (χ4n) is 1.63. The van der Waals surface area contributed by atoms with Crippen LogP contribution in [0.2, 0.25) is 5.02 Å². The Morgan fingerprint density at radius 3 is 2.95 bits per heavy atom. The highest BCUT2D eigenvalue weighted by Gasteiger charge is 2.06. The fourth-order valence-corrected chi connectivity index (χ4v) is 2.43. The SMILES string of the molecule is CCNc1ncccc1COc1ccc(Cl)cc1Br. The lowest BCUT2D eigenvalue weighted by atomic mass is 10.2. The Bertz CT molecular complexity index is 563. The number of hydrogen-bond acceptors (Lipinski definition) is 3. The molecular weight excluding hydrogens is 328 g/mol. The third-order valence-corrected chi connectivity index (χ3v) is 3.37. The van der Waals surface area contributed by atoms with Gasteiger partial charge in [-0.25, -0.2) is 4.98 Å². The molecular formula is C14H14BrClN2O. The third kappa shape index (κ3) is 3.85. The lowest BCUT2D eigenvalue weighted by molar-refractivity contribution is 0.304. The molecule has 0 saturated carbocycles. The Labute approximate surface area is 126 Å². The molecule has 0 unspecified atom stereocenters. The number of rotatable bonds is 5. The fraction of sp³-hybridized carbons (Fsp3) is 0.214. The van der Waals surface area contributed by atoms with E-state index in [9.17, 15) is 0 Å². The number of benzene rings is 1. The van der Waals surface area contributed by atoms with Crippen molar-refractivity contribution in [3.05, 3.63) is 51.6 Å². The topological polar surface area (TPSA) is 34.2 Å². The second-order valence-corrected chi connectivity index (χ2v) is 5.20. The van der Waals surface area contributed by atoms with E-state index in [0.29, 0.717) is 11.6 Å². The van der Waals surface area contributed by atoms with Crippen molar-refractivity contribution >= 4 is 33.3 Å². The maximum absolute atomic E-state index is 5.90. The Kier molecular flexibility index (Phi) is 5.05. The van der Waals surface area contributed by atoms with Gasteiger partial charge in [0.1, 0.15) is 18.2 Å². The van der Waals surface area contributed by atoms with Crippen LogP contribution in [0.3, 0.4) is 0 Å². The van der Waals surface area contributed by atoms with Crippen LogP contribution in [-0.2, 0) is 6.61 Å². The molecule has 1 N–H and O–H groups in total. The molecule has 0 spiro atoms. The molecule has 2 aromatic rings.